The molecule has 0 bridgehead atoms. The first-order valence-electron chi connectivity index (χ1n) is 7.40. The van der Waals surface area contributed by atoms with Gasteiger partial charge in [-0.25, -0.2) is 24.0 Å². The molecule has 4 aromatic rings. The summed E-state index contributed by atoms with van der Waals surface area (Å²) in [4.78, 5) is 12.6. The zero-order valence-electron chi connectivity index (χ0n) is 12.6. The zero-order chi connectivity index (χ0) is 16.4. The van der Waals surface area contributed by atoms with E-state index in [0.29, 0.717) is 29.1 Å². The van der Waals surface area contributed by atoms with Crippen molar-refractivity contribution in [2.75, 3.05) is 5.32 Å². The van der Waals surface area contributed by atoms with Gasteiger partial charge in [-0.1, -0.05) is 18.2 Å². The van der Waals surface area contributed by atoms with Crippen molar-refractivity contribution in [3.05, 3.63) is 72.8 Å². The maximum Gasteiger partial charge on any atom is 0.170 e. The van der Waals surface area contributed by atoms with E-state index in [4.69, 9.17) is 0 Å². The molecular formula is C17H13FN6. The predicted octanol–water partition coefficient (Wildman–Crippen LogP) is 2.96. The van der Waals surface area contributed by atoms with Crippen molar-refractivity contribution >= 4 is 16.7 Å². The van der Waals surface area contributed by atoms with Gasteiger partial charge in [0.2, 0.25) is 0 Å². The molecule has 0 amide bonds. The average molecular weight is 320 g/mol. The summed E-state index contributed by atoms with van der Waals surface area (Å²) in [6.45, 7) is 0.377. The standard InChI is InChI=1S/C17H13FN6/c18-12-6-7-15-14(8-12)17(21-10-20-15)19-9-16-22-11-24(23-16)13-4-2-1-3-5-13/h1-8,10-11H,9H2,(H,19,20,21). The van der Waals surface area contributed by atoms with Crippen molar-refractivity contribution in [3.8, 4) is 5.69 Å². The van der Waals surface area contributed by atoms with Crippen LogP contribution in [0, 0.1) is 5.82 Å². The fourth-order valence-corrected chi connectivity index (χ4v) is 2.42. The molecule has 4 rings (SSSR count). The van der Waals surface area contributed by atoms with Gasteiger partial charge in [-0.3, -0.25) is 0 Å². The van der Waals surface area contributed by atoms with E-state index in [1.165, 1.54) is 18.5 Å². The lowest BCUT2D eigenvalue weighted by molar-refractivity contribution is 0.629. The van der Waals surface area contributed by atoms with Crippen LogP contribution in [-0.2, 0) is 6.54 Å². The third-order valence-corrected chi connectivity index (χ3v) is 3.57. The number of anilines is 1. The van der Waals surface area contributed by atoms with E-state index in [0.717, 1.165) is 5.69 Å². The largest absolute Gasteiger partial charge is 0.362 e. The molecule has 1 N–H and O–H groups in total. The van der Waals surface area contributed by atoms with Gasteiger partial charge in [0.05, 0.1) is 17.7 Å². The number of aromatic nitrogens is 5. The van der Waals surface area contributed by atoms with E-state index in [2.05, 4.69) is 25.4 Å². The third kappa shape index (κ3) is 2.79. The fourth-order valence-electron chi connectivity index (χ4n) is 2.42. The molecule has 24 heavy (non-hydrogen) atoms. The van der Waals surface area contributed by atoms with Crippen molar-refractivity contribution in [3.63, 3.8) is 0 Å². The molecule has 0 aliphatic rings. The van der Waals surface area contributed by atoms with Crippen LogP contribution in [0.15, 0.2) is 61.2 Å². The molecule has 0 aliphatic carbocycles. The summed E-state index contributed by atoms with van der Waals surface area (Å²) in [5.41, 5.74) is 1.61. The molecule has 2 aromatic heterocycles. The second-order valence-electron chi connectivity index (χ2n) is 5.18. The average Bonchev–Trinajstić information content (AvgIpc) is 3.10. The SMILES string of the molecule is Fc1ccc2ncnc(NCc3ncn(-c4ccccc4)n3)c2c1. The van der Waals surface area contributed by atoms with Crippen LogP contribution in [0.2, 0.25) is 0 Å². The maximum absolute atomic E-state index is 13.5. The van der Waals surface area contributed by atoms with Crippen LogP contribution >= 0.6 is 0 Å². The molecule has 0 fully saturated rings. The summed E-state index contributed by atoms with van der Waals surface area (Å²) in [5.74, 6) is 0.837. The number of nitrogens with one attached hydrogen (secondary N) is 1. The molecule has 7 heteroatoms. The lowest BCUT2D eigenvalue weighted by Gasteiger charge is -2.06. The van der Waals surface area contributed by atoms with Crippen LogP contribution in [-0.4, -0.2) is 24.7 Å². The van der Waals surface area contributed by atoms with Crippen LogP contribution < -0.4 is 5.32 Å². The molecule has 0 atom stereocenters. The Balaban J connectivity index is 1.56. The number of hydrogen-bond donors (Lipinski definition) is 1. The predicted molar refractivity (Wildman–Crippen MR) is 88.2 cm³/mol. The Bertz CT molecular complexity index is 983. The molecule has 0 spiro atoms. The molecule has 118 valence electrons. The van der Waals surface area contributed by atoms with Crippen molar-refractivity contribution in [2.45, 2.75) is 6.54 Å². The monoisotopic (exact) mass is 320 g/mol. The Morgan fingerprint density at radius 1 is 1.00 bits per heavy atom. The molecule has 2 aromatic carbocycles. The topological polar surface area (TPSA) is 68.5 Å². The van der Waals surface area contributed by atoms with Crippen molar-refractivity contribution in [1.29, 1.82) is 0 Å². The van der Waals surface area contributed by atoms with Gasteiger partial charge in [-0.05, 0) is 30.3 Å². The van der Waals surface area contributed by atoms with Gasteiger partial charge in [0.15, 0.2) is 5.82 Å². The van der Waals surface area contributed by atoms with Gasteiger partial charge in [0.1, 0.15) is 24.3 Å². The molecular weight excluding hydrogens is 307 g/mol. The molecule has 0 saturated carbocycles. The number of fused-ring (bicyclic) bond motifs is 1. The fraction of sp³-hybridized carbons (Fsp3) is 0.0588. The maximum atomic E-state index is 13.5. The zero-order valence-corrected chi connectivity index (χ0v) is 12.6. The van der Waals surface area contributed by atoms with E-state index in [-0.39, 0.29) is 5.82 Å². The highest BCUT2D eigenvalue weighted by Gasteiger charge is 2.07. The Labute approximate surface area is 137 Å². The molecule has 6 nitrogen and oxygen atoms in total. The number of benzene rings is 2. The second kappa shape index (κ2) is 6.04. The highest BCUT2D eigenvalue weighted by molar-refractivity contribution is 5.88. The van der Waals surface area contributed by atoms with Crippen LogP contribution in [0.5, 0.6) is 0 Å². The number of rotatable bonds is 4. The molecule has 0 aliphatic heterocycles. The number of para-hydroxylation sites is 1. The first-order valence-corrected chi connectivity index (χ1v) is 7.40. The van der Waals surface area contributed by atoms with Crippen molar-refractivity contribution in [1.82, 2.24) is 24.7 Å². The van der Waals surface area contributed by atoms with Crippen LogP contribution in [0.3, 0.4) is 0 Å². The Morgan fingerprint density at radius 2 is 1.88 bits per heavy atom. The van der Waals surface area contributed by atoms with Gasteiger partial charge in [0.25, 0.3) is 0 Å². The number of halogens is 1. The van der Waals surface area contributed by atoms with E-state index in [9.17, 15) is 4.39 Å². The van der Waals surface area contributed by atoms with Gasteiger partial charge in [-0.2, -0.15) is 0 Å². The van der Waals surface area contributed by atoms with Crippen LogP contribution in [0.4, 0.5) is 10.2 Å². The normalized spacial score (nSPS) is 10.9. The molecule has 0 unspecified atom stereocenters. The third-order valence-electron chi connectivity index (χ3n) is 3.57. The summed E-state index contributed by atoms with van der Waals surface area (Å²) in [6, 6.07) is 14.1. The van der Waals surface area contributed by atoms with Crippen LogP contribution in [0.25, 0.3) is 16.6 Å². The first kappa shape index (κ1) is 14.3. The lowest BCUT2D eigenvalue weighted by Crippen LogP contribution is -2.05. The summed E-state index contributed by atoms with van der Waals surface area (Å²) in [6.07, 6.45) is 3.10. The van der Waals surface area contributed by atoms with E-state index in [1.807, 2.05) is 30.3 Å². The highest BCUT2D eigenvalue weighted by atomic mass is 19.1. The lowest BCUT2D eigenvalue weighted by atomic mass is 10.2. The Morgan fingerprint density at radius 3 is 2.75 bits per heavy atom. The molecule has 2 heterocycles. The summed E-state index contributed by atoms with van der Waals surface area (Å²) in [5, 5.41) is 8.18. The van der Waals surface area contributed by atoms with E-state index < -0.39 is 0 Å². The van der Waals surface area contributed by atoms with E-state index >= 15 is 0 Å². The second-order valence-corrected chi connectivity index (χ2v) is 5.18. The minimum absolute atomic E-state index is 0.327. The van der Waals surface area contributed by atoms with Crippen molar-refractivity contribution < 1.29 is 4.39 Å². The van der Waals surface area contributed by atoms with Gasteiger partial charge >= 0.3 is 0 Å². The minimum atomic E-state index is -0.327. The van der Waals surface area contributed by atoms with E-state index in [1.54, 1.807) is 17.1 Å². The van der Waals surface area contributed by atoms with Crippen molar-refractivity contribution in [2.24, 2.45) is 0 Å². The highest BCUT2D eigenvalue weighted by Crippen LogP contribution is 2.20. The summed E-state index contributed by atoms with van der Waals surface area (Å²) in [7, 11) is 0. The Hall–Kier alpha value is -3.35. The molecule has 0 radical (unpaired) electrons. The van der Waals surface area contributed by atoms with Crippen LogP contribution in [0.1, 0.15) is 5.82 Å². The molecule has 0 saturated heterocycles. The minimum Gasteiger partial charge on any atom is -0.362 e. The summed E-state index contributed by atoms with van der Waals surface area (Å²) < 4.78 is 15.2. The van der Waals surface area contributed by atoms with Gasteiger partial charge < -0.3 is 5.32 Å². The smallest absolute Gasteiger partial charge is 0.170 e. The number of hydrogen-bond acceptors (Lipinski definition) is 5. The quantitative estimate of drug-likeness (QED) is 0.626. The van der Waals surface area contributed by atoms with Gasteiger partial charge in [0, 0.05) is 5.39 Å². The first-order chi connectivity index (χ1) is 11.8. The Kier molecular flexibility index (Phi) is 3.59. The summed E-state index contributed by atoms with van der Waals surface area (Å²) >= 11 is 0. The number of nitrogens with zero attached hydrogens (tertiary/aromatic N) is 5. The van der Waals surface area contributed by atoms with Gasteiger partial charge in [-0.15, -0.1) is 5.10 Å².